The van der Waals surface area contributed by atoms with Gasteiger partial charge in [-0.1, -0.05) is 12.1 Å². The van der Waals surface area contributed by atoms with E-state index in [1.54, 1.807) is 51.1 Å². The summed E-state index contributed by atoms with van der Waals surface area (Å²) in [6.07, 6.45) is 0. The standard InChI is InChI=1S/C21H22N2O5/c1-5-28-21(26)18-12(2)10-14-19(13(18)3)20(25)23(17(11-24)22-14)15-8-6-7-9-16(15)27-4/h6-10,24H,5,11H2,1-4H3. The van der Waals surface area contributed by atoms with Gasteiger partial charge in [0.25, 0.3) is 5.56 Å². The third-order valence-corrected chi connectivity index (χ3v) is 4.63. The molecule has 0 aliphatic rings. The highest BCUT2D eigenvalue weighted by atomic mass is 16.5. The summed E-state index contributed by atoms with van der Waals surface area (Å²) >= 11 is 0. The van der Waals surface area contributed by atoms with Crippen LogP contribution >= 0.6 is 0 Å². The zero-order chi connectivity index (χ0) is 20.4. The minimum atomic E-state index is -0.478. The van der Waals surface area contributed by atoms with Crippen molar-refractivity contribution in [2.24, 2.45) is 0 Å². The van der Waals surface area contributed by atoms with Crippen LogP contribution < -0.4 is 10.3 Å². The Morgan fingerprint density at radius 2 is 1.96 bits per heavy atom. The first-order valence-corrected chi connectivity index (χ1v) is 8.91. The molecular formula is C21H22N2O5. The minimum absolute atomic E-state index is 0.185. The molecule has 0 radical (unpaired) electrons. The molecule has 0 saturated carbocycles. The Morgan fingerprint density at radius 1 is 1.25 bits per heavy atom. The van der Waals surface area contributed by atoms with Gasteiger partial charge in [-0.3, -0.25) is 9.36 Å². The topological polar surface area (TPSA) is 90.7 Å². The number of nitrogens with zero attached hydrogens (tertiary/aromatic N) is 2. The lowest BCUT2D eigenvalue weighted by molar-refractivity contribution is 0.0525. The number of ether oxygens (including phenoxy) is 2. The third-order valence-electron chi connectivity index (χ3n) is 4.63. The van der Waals surface area contributed by atoms with Gasteiger partial charge in [-0.15, -0.1) is 0 Å². The summed E-state index contributed by atoms with van der Waals surface area (Å²) in [6.45, 7) is 5.01. The van der Waals surface area contributed by atoms with E-state index in [2.05, 4.69) is 4.98 Å². The number of rotatable bonds is 5. The normalized spacial score (nSPS) is 10.9. The molecule has 3 aromatic rings. The SMILES string of the molecule is CCOC(=O)c1c(C)cc2nc(CO)n(-c3ccccc3OC)c(=O)c2c1C. The summed E-state index contributed by atoms with van der Waals surface area (Å²) in [6, 6.07) is 8.65. The van der Waals surface area contributed by atoms with Crippen molar-refractivity contribution in [1.29, 1.82) is 0 Å². The van der Waals surface area contributed by atoms with Crippen LogP contribution in [0.4, 0.5) is 0 Å². The van der Waals surface area contributed by atoms with Gasteiger partial charge in [-0.05, 0) is 50.1 Å². The number of methoxy groups -OCH3 is 1. The summed E-state index contributed by atoms with van der Waals surface area (Å²) in [4.78, 5) is 30.3. The van der Waals surface area contributed by atoms with Crippen LogP contribution in [-0.2, 0) is 11.3 Å². The predicted molar refractivity (Wildman–Crippen MR) is 105 cm³/mol. The zero-order valence-electron chi connectivity index (χ0n) is 16.3. The first kappa shape index (κ1) is 19.6. The Morgan fingerprint density at radius 3 is 2.61 bits per heavy atom. The average molecular weight is 382 g/mol. The van der Waals surface area contributed by atoms with Crippen molar-refractivity contribution in [3.8, 4) is 11.4 Å². The second-order valence-electron chi connectivity index (χ2n) is 6.31. The number of aliphatic hydroxyl groups excluding tert-OH is 1. The molecule has 0 fully saturated rings. The van der Waals surface area contributed by atoms with Crippen LogP contribution in [0, 0.1) is 13.8 Å². The van der Waals surface area contributed by atoms with Crippen LogP contribution in [0.5, 0.6) is 5.75 Å². The highest BCUT2D eigenvalue weighted by molar-refractivity contribution is 5.99. The summed E-state index contributed by atoms with van der Waals surface area (Å²) in [7, 11) is 1.50. The van der Waals surface area contributed by atoms with Crippen LogP contribution in [-0.4, -0.2) is 34.3 Å². The number of fused-ring (bicyclic) bond motifs is 1. The number of carbonyl (C=O) groups excluding carboxylic acids is 1. The second-order valence-corrected chi connectivity index (χ2v) is 6.31. The average Bonchev–Trinajstić information content (AvgIpc) is 2.67. The second kappa shape index (κ2) is 7.82. The highest BCUT2D eigenvalue weighted by Crippen LogP contribution is 2.26. The van der Waals surface area contributed by atoms with E-state index < -0.39 is 12.6 Å². The fourth-order valence-electron chi connectivity index (χ4n) is 3.42. The lowest BCUT2D eigenvalue weighted by Crippen LogP contribution is -2.26. The molecule has 1 heterocycles. The molecule has 1 N–H and O–H groups in total. The van der Waals surface area contributed by atoms with Gasteiger partial charge in [0.2, 0.25) is 0 Å². The molecule has 0 atom stereocenters. The monoisotopic (exact) mass is 382 g/mol. The van der Waals surface area contributed by atoms with E-state index in [-0.39, 0.29) is 18.0 Å². The Labute approximate surface area is 162 Å². The molecule has 2 aromatic carbocycles. The quantitative estimate of drug-likeness (QED) is 0.683. The predicted octanol–water partition coefficient (Wildman–Crippen LogP) is 2.68. The van der Waals surface area contributed by atoms with Crippen LogP contribution in [0.2, 0.25) is 0 Å². The summed E-state index contributed by atoms with van der Waals surface area (Å²) < 4.78 is 11.8. The first-order chi connectivity index (χ1) is 13.4. The molecule has 0 aliphatic carbocycles. The van der Waals surface area contributed by atoms with E-state index in [1.165, 1.54) is 11.7 Å². The van der Waals surface area contributed by atoms with Gasteiger partial charge in [-0.25, -0.2) is 9.78 Å². The Balaban J connectivity index is 2.43. The largest absolute Gasteiger partial charge is 0.495 e. The van der Waals surface area contributed by atoms with Crippen molar-refractivity contribution < 1.29 is 19.4 Å². The Hall–Kier alpha value is -3.19. The van der Waals surface area contributed by atoms with Crippen molar-refractivity contribution in [2.75, 3.05) is 13.7 Å². The van der Waals surface area contributed by atoms with Gasteiger partial charge in [-0.2, -0.15) is 0 Å². The molecule has 3 rings (SSSR count). The van der Waals surface area contributed by atoms with Crippen molar-refractivity contribution >= 4 is 16.9 Å². The number of para-hydroxylation sites is 2. The van der Waals surface area contributed by atoms with E-state index in [0.29, 0.717) is 39.0 Å². The lowest BCUT2D eigenvalue weighted by Gasteiger charge is -2.17. The number of benzene rings is 2. The number of carbonyl (C=O) groups is 1. The molecule has 1 aromatic heterocycles. The van der Waals surface area contributed by atoms with Crippen molar-refractivity contribution in [3.63, 3.8) is 0 Å². The van der Waals surface area contributed by atoms with Crippen LogP contribution in [0.3, 0.4) is 0 Å². The minimum Gasteiger partial charge on any atom is -0.495 e. The molecule has 0 unspecified atom stereocenters. The van der Waals surface area contributed by atoms with E-state index in [0.717, 1.165) is 0 Å². The molecule has 0 spiro atoms. The van der Waals surface area contributed by atoms with E-state index in [4.69, 9.17) is 9.47 Å². The van der Waals surface area contributed by atoms with Gasteiger partial charge in [0, 0.05) is 0 Å². The smallest absolute Gasteiger partial charge is 0.338 e. The van der Waals surface area contributed by atoms with Gasteiger partial charge in [0.15, 0.2) is 0 Å². The van der Waals surface area contributed by atoms with Gasteiger partial charge in [0.05, 0.1) is 35.9 Å². The number of esters is 1. The fourth-order valence-corrected chi connectivity index (χ4v) is 3.42. The number of hydrogen-bond acceptors (Lipinski definition) is 6. The number of aromatic nitrogens is 2. The molecular weight excluding hydrogens is 360 g/mol. The number of hydrogen-bond donors (Lipinski definition) is 1. The summed E-state index contributed by atoms with van der Waals surface area (Å²) in [5.41, 5.74) is 2.01. The van der Waals surface area contributed by atoms with Crippen LogP contribution in [0.25, 0.3) is 16.6 Å². The third kappa shape index (κ3) is 3.14. The van der Waals surface area contributed by atoms with E-state index in [9.17, 15) is 14.7 Å². The fraction of sp³-hybridized carbons (Fsp3) is 0.286. The Bertz CT molecular complexity index is 1120. The molecule has 28 heavy (non-hydrogen) atoms. The maximum Gasteiger partial charge on any atom is 0.338 e. The molecule has 0 bridgehead atoms. The summed E-state index contributed by atoms with van der Waals surface area (Å²) in [5.74, 6) is 0.175. The van der Waals surface area contributed by atoms with Crippen molar-refractivity contribution in [1.82, 2.24) is 9.55 Å². The molecule has 7 heteroatoms. The van der Waals surface area contributed by atoms with Gasteiger partial charge >= 0.3 is 5.97 Å². The Kier molecular flexibility index (Phi) is 5.46. The van der Waals surface area contributed by atoms with E-state index >= 15 is 0 Å². The highest BCUT2D eigenvalue weighted by Gasteiger charge is 2.22. The summed E-state index contributed by atoms with van der Waals surface area (Å²) in [5, 5.41) is 10.1. The molecule has 146 valence electrons. The van der Waals surface area contributed by atoms with Crippen molar-refractivity contribution in [2.45, 2.75) is 27.4 Å². The van der Waals surface area contributed by atoms with Gasteiger partial charge in [0.1, 0.15) is 18.2 Å². The van der Waals surface area contributed by atoms with Crippen LogP contribution in [0.1, 0.15) is 34.2 Å². The van der Waals surface area contributed by atoms with Gasteiger partial charge < -0.3 is 14.6 Å². The molecule has 0 amide bonds. The van der Waals surface area contributed by atoms with Crippen LogP contribution in [0.15, 0.2) is 35.1 Å². The molecule has 0 aliphatic heterocycles. The zero-order valence-corrected chi connectivity index (χ0v) is 16.3. The molecule has 7 nitrogen and oxygen atoms in total. The lowest BCUT2D eigenvalue weighted by atomic mass is 9.98. The first-order valence-electron chi connectivity index (χ1n) is 8.91. The molecule has 0 saturated heterocycles. The maximum absolute atomic E-state index is 13.4. The van der Waals surface area contributed by atoms with E-state index in [1.807, 2.05) is 0 Å². The number of aliphatic hydroxyl groups is 1. The maximum atomic E-state index is 13.4. The number of aryl methyl sites for hydroxylation is 2. The van der Waals surface area contributed by atoms with Crippen molar-refractivity contribution in [3.05, 3.63) is 63.2 Å².